The van der Waals surface area contributed by atoms with E-state index in [9.17, 15) is 9.59 Å². The van der Waals surface area contributed by atoms with Gasteiger partial charge in [-0.1, -0.05) is 13.3 Å². The maximum absolute atomic E-state index is 12.1. The summed E-state index contributed by atoms with van der Waals surface area (Å²) in [7, 11) is 1.73. The fraction of sp³-hybridized carbons (Fsp3) is 0.462. The largest absolute Gasteiger partial charge is 0.477 e. The third kappa shape index (κ3) is 3.29. The van der Waals surface area contributed by atoms with Crippen molar-refractivity contribution in [2.75, 3.05) is 7.05 Å². The number of pyridine rings is 1. The minimum absolute atomic E-state index is 0.114. The molecular formula is C13H18N2O3. The fourth-order valence-electron chi connectivity index (χ4n) is 1.70. The van der Waals surface area contributed by atoms with Gasteiger partial charge in [-0.05, 0) is 25.5 Å². The molecule has 1 N–H and O–H groups in total. The van der Waals surface area contributed by atoms with Crippen LogP contribution in [0.5, 0.6) is 0 Å². The van der Waals surface area contributed by atoms with Crippen molar-refractivity contribution in [3.05, 3.63) is 29.6 Å². The van der Waals surface area contributed by atoms with E-state index >= 15 is 0 Å². The van der Waals surface area contributed by atoms with Crippen LogP contribution in [0.4, 0.5) is 0 Å². The van der Waals surface area contributed by atoms with E-state index in [-0.39, 0.29) is 17.6 Å². The van der Waals surface area contributed by atoms with Crippen molar-refractivity contribution in [2.24, 2.45) is 0 Å². The number of rotatable bonds is 5. The van der Waals surface area contributed by atoms with Crippen LogP contribution in [0, 0.1) is 0 Å². The first-order valence-corrected chi connectivity index (χ1v) is 5.93. The smallest absolute Gasteiger partial charge is 0.354 e. The molecule has 5 nitrogen and oxygen atoms in total. The molecule has 1 amide bonds. The first-order chi connectivity index (χ1) is 8.47. The van der Waals surface area contributed by atoms with E-state index in [0.717, 1.165) is 12.8 Å². The predicted octanol–water partition coefficient (Wildman–Crippen LogP) is 2.04. The number of aromatic carboxylic acids is 1. The third-order valence-corrected chi connectivity index (χ3v) is 2.91. The molecule has 1 aromatic heterocycles. The summed E-state index contributed by atoms with van der Waals surface area (Å²) >= 11 is 0. The molecule has 0 saturated heterocycles. The van der Waals surface area contributed by atoms with Gasteiger partial charge in [-0.3, -0.25) is 4.79 Å². The number of carboxylic acids is 1. The van der Waals surface area contributed by atoms with Gasteiger partial charge in [0.05, 0.1) is 0 Å². The molecule has 1 rings (SSSR count). The number of carbonyl (C=O) groups is 2. The lowest BCUT2D eigenvalue weighted by molar-refractivity contribution is 0.0690. The van der Waals surface area contributed by atoms with Gasteiger partial charge in [-0.15, -0.1) is 0 Å². The quantitative estimate of drug-likeness (QED) is 0.868. The van der Waals surface area contributed by atoms with Gasteiger partial charge in [0, 0.05) is 24.8 Å². The second-order valence-electron chi connectivity index (χ2n) is 4.29. The van der Waals surface area contributed by atoms with Crippen LogP contribution < -0.4 is 0 Å². The molecule has 18 heavy (non-hydrogen) atoms. The number of carbonyl (C=O) groups excluding carboxylic acids is 1. The van der Waals surface area contributed by atoms with E-state index in [1.54, 1.807) is 11.9 Å². The van der Waals surface area contributed by atoms with E-state index < -0.39 is 5.97 Å². The summed E-state index contributed by atoms with van der Waals surface area (Å²) in [4.78, 5) is 28.3. The SMILES string of the molecule is CCCC(C)N(C)C(=O)c1ccnc(C(=O)O)c1. The van der Waals surface area contributed by atoms with Crippen LogP contribution in [0.15, 0.2) is 18.3 Å². The van der Waals surface area contributed by atoms with Gasteiger partial charge in [0.2, 0.25) is 0 Å². The molecule has 1 heterocycles. The standard InChI is InChI=1S/C13H18N2O3/c1-4-5-9(2)15(3)12(16)10-6-7-14-11(8-10)13(17)18/h6-9H,4-5H2,1-3H3,(H,17,18). The maximum Gasteiger partial charge on any atom is 0.354 e. The minimum atomic E-state index is -1.13. The molecule has 0 spiro atoms. The van der Waals surface area contributed by atoms with Crippen LogP contribution in [-0.4, -0.2) is 40.0 Å². The number of nitrogens with zero attached hydrogens (tertiary/aromatic N) is 2. The summed E-state index contributed by atoms with van der Waals surface area (Å²) in [5, 5.41) is 8.84. The summed E-state index contributed by atoms with van der Waals surface area (Å²) in [6.07, 6.45) is 3.25. The molecular weight excluding hydrogens is 232 g/mol. The van der Waals surface area contributed by atoms with Crippen molar-refractivity contribution in [3.8, 4) is 0 Å². The van der Waals surface area contributed by atoms with Crippen LogP contribution in [0.25, 0.3) is 0 Å². The molecule has 0 aliphatic carbocycles. The van der Waals surface area contributed by atoms with Crippen molar-refractivity contribution >= 4 is 11.9 Å². The van der Waals surface area contributed by atoms with E-state index in [4.69, 9.17) is 5.11 Å². The lowest BCUT2D eigenvalue weighted by atomic mass is 10.1. The molecule has 0 saturated carbocycles. The molecule has 0 bridgehead atoms. The highest BCUT2D eigenvalue weighted by Crippen LogP contribution is 2.10. The molecule has 0 aliphatic rings. The molecule has 98 valence electrons. The Bertz CT molecular complexity index is 446. The Morgan fingerprint density at radius 1 is 1.50 bits per heavy atom. The number of hydrogen-bond donors (Lipinski definition) is 1. The Hall–Kier alpha value is -1.91. The zero-order valence-electron chi connectivity index (χ0n) is 10.9. The first kappa shape index (κ1) is 14.2. The van der Waals surface area contributed by atoms with Crippen LogP contribution >= 0.6 is 0 Å². The van der Waals surface area contributed by atoms with Crippen LogP contribution in [0.2, 0.25) is 0 Å². The Morgan fingerprint density at radius 2 is 2.17 bits per heavy atom. The summed E-state index contributed by atoms with van der Waals surface area (Å²) in [5.41, 5.74) is 0.241. The summed E-state index contributed by atoms with van der Waals surface area (Å²) < 4.78 is 0. The van der Waals surface area contributed by atoms with Gasteiger partial charge >= 0.3 is 5.97 Å². The second kappa shape index (κ2) is 6.14. The van der Waals surface area contributed by atoms with Crippen LogP contribution in [-0.2, 0) is 0 Å². The van der Waals surface area contributed by atoms with E-state index in [0.29, 0.717) is 5.56 Å². The zero-order chi connectivity index (χ0) is 13.7. The van der Waals surface area contributed by atoms with Crippen molar-refractivity contribution < 1.29 is 14.7 Å². The Kier molecular flexibility index (Phi) is 4.83. The van der Waals surface area contributed by atoms with Crippen molar-refractivity contribution in [2.45, 2.75) is 32.7 Å². The van der Waals surface area contributed by atoms with E-state index in [1.165, 1.54) is 18.3 Å². The Balaban J connectivity index is 2.89. The van der Waals surface area contributed by atoms with Crippen molar-refractivity contribution in [1.82, 2.24) is 9.88 Å². The average Bonchev–Trinajstić information content (AvgIpc) is 2.37. The van der Waals surface area contributed by atoms with Gasteiger partial charge in [-0.25, -0.2) is 9.78 Å². The van der Waals surface area contributed by atoms with E-state index in [1.807, 2.05) is 6.92 Å². The summed E-state index contributed by atoms with van der Waals surface area (Å²) in [6.45, 7) is 4.03. The summed E-state index contributed by atoms with van der Waals surface area (Å²) in [5.74, 6) is -1.31. The van der Waals surface area contributed by atoms with Gasteiger partial charge in [0.25, 0.3) is 5.91 Å². The predicted molar refractivity (Wildman–Crippen MR) is 67.7 cm³/mol. The third-order valence-electron chi connectivity index (χ3n) is 2.91. The summed E-state index contributed by atoms with van der Waals surface area (Å²) in [6, 6.07) is 2.97. The maximum atomic E-state index is 12.1. The molecule has 5 heteroatoms. The second-order valence-corrected chi connectivity index (χ2v) is 4.29. The van der Waals surface area contributed by atoms with Gasteiger partial charge < -0.3 is 10.0 Å². The van der Waals surface area contributed by atoms with Crippen molar-refractivity contribution in [3.63, 3.8) is 0 Å². The highest BCUT2D eigenvalue weighted by Gasteiger charge is 2.18. The minimum Gasteiger partial charge on any atom is -0.477 e. The van der Waals surface area contributed by atoms with Gasteiger partial charge in [0.1, 0.15) is 5.69 Å². The highest BCUT2D eigenvalue weighted by atomic mass is 16.4. The average molecular weight is 250 g/mol. The highest BCUT2D eigenvalue weighted by molar-refractivity contribution is 5.96. The molecule has 1 unspecified atom stereocenters. The zero-order valence-corrected chi connectivity index (χ0v) is 10.9. The Morgan fingerprint density at radius 3 is 2.72 bits per heavy atom. The molecule has 0 aromatic carbocycles. The lowest BCUT2D eigenvalue weighted by Crippen LogP contribution is -2.35. The molecule has 0 radical (unpaired) electrons. The Labute approximate surface area is 106 Å². The van der Waals surface area contributed by atoms with Crippen LogP contribution in [0.1, 0.15) is 47.5 Å². The molecule has 1 aromatic rings. The van der Waals surface area contributed by atoms with E-state index in [2.05, 4.69) is 11.9 Å². The van der Waals surface area contributed by atoms with Crippen molar-refractivity contribution in [1.29, 1.82) is 0 Å². The lowest BCUT2D eigenvalue weighted by Gasteiger charge is -2.24. The molecule has 0 fully saturated rings. The fourth-order valence-corrected chi connectivity index (χ4v) is 1.70. The normalized spacial score (nSPS) is 11.9. The topological polar surface area (TPSA) is 70.5 Å². The van der Waals surface area contributed by atoms with Gasteiger partial charge in [-0.2, -0.15) is 0 Å². The number of carboxylic acid groups (broad SMARTS) is 1. The molecule has 0 aliphatic heterocycles. The number of amides is 1. The number of aromatic nitrogens is 1. The monoisotopic (exact) mass is 250 g/mol. The van der Waals surface area contributed by atoms with Crippen LogP contribution in [0.3, 0.4) is 0 Å². The number of hydrogen-bond acceptors (Lipinski definition) is 3. The van der Waals surface area contributed by atoms with Gasteiger partial charge in [0.15, 0.2) is 0 Å². The molecule has 1 atom stereocenters. The first-order valence-electron chi connectivity index (χ1n) is 5.93.